The van der Waals surface area contributed by atoms with E-state index in [1.165, 1.54) is 0 Å². The molecule has 0 radical (unpaired) electrons. The highest BCUT2D eigenvalue weighted by molar-refractivity contribution is 5.89. The van der Waals surface area contributed by atoms with Gasteiger partial charge in [0.05, 0.1) is 19.4 Å². The number of hydrogen-bond donors (Lipinski definition) is 1. The van der Waals surface area contributed by atoms with Crippen LogP contribution in [0.15, 0.2) is 30.3 Å². The van der Waals surface area contributed by atoms with E-state index in [2.05, 4.69) is 4.98 Å². The summed E-state index contributed by atoms with van der Waals surface area (Å²) in [5.74, 6) is 0.465. The van der Waals surface area contributed by atoms with E-state index in [4.69, 9.17) is 14.2 Å². The lowest BCUT2D eigenvalue weighted by atomic mass is 10.1. The molecule has 6 heteroatoms. The Morgan fingerprint density at radius 1 is 1.35 bits per heavy atom. The number of carbonyl (C=O) groups is 1. The van der Waals surface area contributed by atoms with Crippen molar-refractivity contribution in [3.05, 3.63) is 47.3 Å². The predicted molar refractivity (Wildman–Crippen MR) is 82.3 cm³/mol. The molecule has 120 valence electrons. The van der Waals surface area contributed by atoms with Crippen molar-refractivity contribution in [3.8, 4) is 17.2 Å². The molecule has 0 amide bonds. The van der Waals surface area contributed by atoms with Gasteiger partial charge in [-0.1, -0.05) is 12.1 Å². The van der Waals surface area contributed by atoms with Gasteiger partial charge in [-0.15, -0.1) is 0 Å². The smallest absolute Gasteiger partial charge is 0.358 e. The largest absolute Gasteiger partial charge is 0.497 e. The first-order valence-corrected chi connectivity index (χ1v) is 7.33. The molecule has 2 aromatic rings. The third-order valence-corrected chi connectivity index (χ3v) is 3.60. The van der Waals surface area contributed by atoms with Gasteiger partial charge in [0.2, 0.25) is 0 Å². The number of carboxylic acid groups (broad SMARTS) is 1. The van der Waals surface area contributed by atoms with Gasteiger partial charge >= 0.3 is 5.97 Å². The Balaban J connectivity index is 1.81. The summed E-state index contributed by atoms with van der Waals surface area (Å²) in [7, 11) is 1.60. The number of ether oxygens (including phenoxy) is 3. The maximum Gasteiger partial charge on any atom is 0.358 e. The van der Waals surface area contributed by atoms with Crippen molar-refractivity contribution >= 4 is 5.97 Å². The minimum Gasteiger partial charge on any atom is -0.497 e. The zero-order valence-electron chi connectivity index (χ0n) is 12.7. The zero-order valence-corrected chi connectivity index (χ0v) is 12.7. The first-order valence-electron chi connectivity index (χ1n) is 7.33. The molecule has 1 N–H and O–H groups in total. The summed E-state index contributed by atoms with van der Waals surface area (Å²) >= 11 is 0. The lowest BCUT2D eigenvalue weighted by molar-refractivity contribution is 0.0684. The highest BCUT2D eigenvalue weighted by Crippen LogP contribution is 2.30. The number of aryl methyl sites for hydroxylation is 1. The zero-order chi connectivity index (χ0) is 16.2. The molecule has 0 bridgehead atoms. The standard InChI is InChI=1S/C17H17NO5/c1-21-12-6-4-11(5-7-12)10-23-15-9-14-13(3-2-8-22-14)18-16(15)17(19)20/h4-7,9H,2-3,8,10H2,1H3,(H,19,20). The van der Waals surface area contributed by atoms with E-state index >= 15 is 0 Å². The van der Waals surface area contributed by atoms with Crippen LogP contribution in [0.4, 0.5) is 0 Å². The molecule has 2 heterocycles. The number of aromatic nitrogens is 1. The maximum absolute atomic E-state index is 11.4. The van der Waals surface area contributed by atoms with Crippen molar-refractivity contribution in [2.75, 3.05) is 13.7 Å². The third kappa shape index (κ3) is 3.36. The molecule has 0 unspecified atom stereocenters. The van der Waals surface area contributed by atoms with Gasteiger partial charge in [-0.2, -0.15) is 0 Å². The van der Waals surface area contributed by atoms with Crippen LogP contribution in [-0.2, 0) is 13.0 Å². The van der Waals surface area contributed by atoms with Gasteiger partial charge in [-0.05, 0) is 30.5 Å². The van der Waals surface area contributed by atoms with E-state index in [9.17, 15) is 9.90 Å². The summed E-state index contributed by atoms with van der Waals surface area (Å²) in [6.45, 7) is 0.851. The van der Waals surface area contributed by atoms with Crippen molar-refractivity contribution in [1.82, 2.24) is 4.98 Å². The molecule has 1 aliphatic heterocycles. The number of pyridine rings is 1. The molecule has 0 aliphatic carbocycles. The summed E-state index contributed by atoms with van der Waals surface area (Å²) in [6, 6.07) is 8.99. The Kier molecular flexibility index (Phi) is 4.32. The third-order valence-electron chi connectivity index (χ3n) is 3.60. The highest BCUT2D eigenvalue weighted by Gasteiger charge is 2.21. The van der Waals surface area contributed by atoms with Crippen molar-refractivity contribution in [1.29, 1.82) is 0 Å². The molecule has 0 fully saturated rings. The van der Waals surface area contributed by atoms with Crippen LogP contribution in [-0.4, -0.2) is 29.8 Å². The van der Waals surface area contributed by atoms with Crippen molar-refractivity contribution < 1.29 is 24.1 Å². The summed E-state index contributed by atoms with van der Waals surface area (Å²) in [5, 5.41) is 9.33. The van der Waals surface area contributed by atoms with E-state index in [0.717, 1.165) is 17.7 Å². The van der Waals surface area contributed by atoms with Gasteiger partial charge < -0.3 is 19.3 Å². The monoisotopic (exact) mass is 315 g/mol. The molecule has 1 aromatic carbocycles. The lowest BCUT2D eigenvalue weighted by Gasteiger charge is -2.18. The second-order valence-corrected chi connectivity index (χ2v) is 5.17. The van der Waals surface area contributed by atoms with Gasteiger partial charge in [0, 0.05) is 6.07 Å². The highest BCUT2D eigenvalue weighted by atomic mass is 16.5. The van der Waals surface area contributed by atoms with Crippen LogP contribution in [0, 0.1) is 0 Å². The summed E-state index contributed by atoms with van der Waals surface area (Å²) in [4.78, 5) is 15.6. The first-order chi connectivity index (χ1) is 11.2. The van der Waals surface area contributed by atoms with E-state index in [1.807, 2.05) is 24.3 Å². The quantitative estimate of drug-likeness (QED) is 0.914. The van der Waals surface area contributed by atoms with Crippen molar-refractivity contribution in [2.45, 2.75) is 19.4 Å². The fourth-order valence-electron chi connectivity index (χ4n) is 2.39. The predicted octanol–water partition coefficient (Wildman–Crippen LogP) is 2.69. The molecule has 6 nitrogen and oxygen atoms in total. The van der Waals surface area contributed by atoms with Crippen LogP contribution in [0.1, 0.15) is 28.2 Å². The number of nitrogens with zero attached hydrogens (tertiary/aromatic N) is 1. The number of hydrogen-bond acceptors (Lipinski definition) is 5. The lowest BCUT2D eigenvalue weighted by Crippen LogP contribution is -2.14. The van der Waals surface area contributed by atoms with Crippen LogP contribution in [0.3, 0.4) is 0 Å². The Morgan fingerprint density at radius 3 is 2.83 bits per heavy atom. The van der Waals surface area contributed by atoms with Crippen LogP contribution >= 0.6 is 0 Å². The minimum atomic E-state index is -1.11. The van der Waals surface area contributed by atoms with Gasteiger partial charge in [-0.3, -0.25) is 0 Å². The number of benzene rings is 1. The summed E-state index contributed by atoms with van der Waals surface area (Å²) in [5.41, 5.74) is 1.49. The second kappa shape index (κ2) is 6.56. The van der Waals surface area contributed by atoms with Gasteiger partial charge in [0.25, 0.3) is 0 Å². The molecule has 0 spiro atoms. The number of carboxylic acids is 1. The van der Waals surface area contributed by atoms with Gasteiger partial charge in [-0.25, -0.2) is 9.78 Å². The fourth-order valence-corrected chi connectivity index (χ4v) is 2.39. The number of rotatable bonds is 5. The molecular weight excluding hydrogens is 298 g/mol. The van der Waals surface area contributed by atoms with E-state index in [0.29, 0.717) is 24.5 Å². The Hall–Kier alpha value is -2.76. The summed E-state index contributed by atoms with van der Waals surface area (Å²) < 4.78 is 16.3. The Bertz CT molecular complexity index is 712. The molecule has 1 aromatic heterocycles. The topological polar surface area (TPSA) is 77.9 Å². The Labute approximate surface area is 133 Å². The fraction of sp³-hybridized carbons (Fsp3) is 0.294. The van der Waals surface area contributed by atoms with Crippen LogP contribution in [0.25, 0.3) is 0 Å². The Morgan fingerprint density at radius 2 is 2.13 bits per heavy atom. The maximum atomic E-state index is 11.4. The van der Waals surface area contributed by atoms with Gasteiger partial charge in [0.15, 0.2) is 11.4 Å². The van der Waals surface area contributed by atoms with Crippen LogP contribution < -0.4 is 14.2 Å². The average molecular weight is 315 g/mol. The van der Waals surface area contributed by atoms with Crippen molar-refractivity contribution in [3.63, 3.8) is 0 Å². The molecule has 3 rings (SSSR count). The van der Waals surface area contributed by atoms with Crippen molar-refractivity contribution in [2.24, 2.45) is 0 Å². The second-order valence-electron chi connectivity index (χ2n) is 5.17. The molecule has 1 aliphatic rings. The van der Waals surface area contributed by atoms with E-state index < -0.39 is 5.97 Å². The van der Waals surface area contributed by atoms with E-state index in [-0.39, 0.29) is 18.1 Å². The normalized spacial score (nSPS) is 12.9. The molecule has 0 saturated carbocycles. The van der Waals surface area contributed by atoms with Crippen LogP contribution in [0.5, 0.6) is 17.2 Å². The molecule has 23 heavy (non-hydrogen) atoms. The average Bonchev–Trinajstić information content (AvgIpc) is 2.59. The minimum absolute atomic E-state index is 0.0808. The number of methoxy groups -OCH3 is 1. The molecular formula is C17H17NO5. The first kappa shape index (κ1) is 15.1. The molecule has 0 atom stereocenters. The molecule has 0 saturated heterocycles. The summed E-state index contributed by atoms with van der Waals surface area (Å²) in [6.07, 6.45) is 1.56. The number of fused-ring (bicyclic) bond motifs is 1. The van der Waals surface area contributed by atoms with Gasteiger partial charge in [0.1, 0.15) is 18.1 Å². The number of aromatic carboxylic acids is 1. The van der Waals surface area contributed by atoms with E-state index in [1.54, 1.807) is 13.2 Å². The SMILES string of the molecule is COc1ccc(COc2cc3c(nc2C(=O)O)CCCO3)cc1. The van der Waals surface area contributed by atoms with Crippen LogP contribution in [0.2, 0.25) is 0 Å².